The molecule has 0 radical (unpaired) electrons. The maximum absolute atomic E-state index is 5.19. The van der Waals surface area contributed by atoms with E-state index in [0.717, 1.165) is 39.4 Å². The normalized spacial score (nSPS) is 11.6. The van der Waals surface area contributed by atoms with Crippen molar-refractivity contribution >= 4 is 43.6 Å². The van der Waals surface area contributed by atoms with Crippen LogP contribution in [0.15, 0.2) is 176 Å². The lowest BCUT2D eigenvalue weighted by atomic mass is 10.0. The minimum absolute atomic E-state index is 0.698. The predicted octanol–water partition coefficient (Wildman–Crippen LogP) is 11.1. The molecule has 5 heteroatoms. The first-order chi connectivity index (χ1) is 24.8. The molecule has 4 heterocycles. The summed E-state index contributed by atoms with van der Waals surface area (Å²) in [5, 5.41) is 4.81. The van der Waals surface area contributed by atoms with E-state index in [0.29, 0.717) is 5.82 Å². The van der Waals surface area contributed by atoms with Crippen LogP contribution in [-0.4, -0.2) is 24.1 Å². The zero-order chi connectivity index (χ0) is 33.0. The largest absolute Gasteiger partial charge is 0.309 e. The molecule has 10 aromatic rings. The van der Waals surface area contributed by atoms with Crippen molar-refractivity contribution in [1.82, 2.24) is 24.1 Å². The first-order valence-corrected chi connectivity index (χ1v) is 16.8. The standard InChI is InChI=1S/C45H29N5/c1-3-11-30(12-4-1)39-29-44(48-45(47-39)31-13-5-2-6-14-31)50-41-18-10-8-16-36(41)38-28-33(20-22-43(38)50)32-19-21-42-37(27-32)35-15-7-9-17-40(35)49(42)34-23-25-46-26-24-34/h1-29H. The molecule has 0 amide bonds. The van der Waals surface area contributed by atoms with Crippen LogP contribution < -0.4 is 0 Å². The second kappa shape index (κ2) is 11.4. The third-order valence-electron chi connectivity index (χ3n) is 9.64. The minimum atomic E-state index is 0.698. The highest BCUT2D eigenvalue weighted by Gasteiger charge is 2.18. The Morgan fingerprint density at radius 2 is 0.880 bits per heavy atom. The van der Waals surface area contributed by atoms with Gasteiger partial charge in [0.15, 0.2) is 5.82 Å². The van der Waals surface area contributed by atoms with E-state index in [9.17, 15) is 0 Å². The molecule has 0 N–H and O–H groups in total. The van der Waals surface area contributed by atoms with Gasteiger partial charge in [-0.2, -0.15) is 0 Å². The van der Waals surface area contributed by atoms with Gasteiger partial charge in [0.2, 0.25) is 0 Å². The number of hydrogen-bond donors (Lipinski definition) is 0. The van der Waals surface area contributed by atoms with E-state index in [2.05, 4.69) is 154 Å². The van der Waals surface area contributed by atoms with Crippen LogP contribution in [0, 0.1) is 0 Å². The molecule has 0 spiro atoms. The van der Waals surface area contributed by atoms with E-state index in [1.165, 1.54) is 43.7 Å². The van der Waals surface area contributed by atoms with Gasteiger partial charge in [-0.3, -0.25) is 9.55 Å². The number of pyridine rings is 1. The molecule has 5 nitrogen and oxygen atoms in total. The minimum Gasteiger partial charge on any atom is -0.309 e. The number of para-hydroxylation sites is 2. The predicted molar refractivity (Wildman–Crippen MR) is 205 cm³/mol. The highest BCUT2D eigenvalue weighted by Crippen LogP contribution is 2.38. The van der Waals surface area contributed by atoms with Crippen LogP contribution in [0.4, 0.5) is 0 Å². The fourth-order valence-electron chi connectivity index (χ4n) is 7.35. The Morgan fingerprint density at radius 1 is 0.360 bits per heavy atom. The van der Waals surface area contributed by atoms with Crippen LogP contribution in [-0.2, 0) is 0 Å². The summed E-state index contributed by atoms with van der Waals surface area (Å²) in [4.78, 5) is 14.5. The SMILES string of the molecule is c1ccc(-c2cc(-n3c4ccccc4c4cc(-c5ccc6c(c5)c5ccccc5n6-c5ccncc5)ccc43)nc(-c3ccccc3)n2)cc1. The Hall–Kier alpha value is -6.85. The van der Waals surface area contributed by atoms with Crippen molar-refractivity contribution in [3.63, 3.8) is 0 Å². The van der Waals surface area contributed by atoms with Crippen LogP contribution in [0.5, 0.6) is 0 Å². The smallest absolute Gasteiger partial charge is 0.162 e. The van der Waals surface area contributed by atoms with Gasteiger partial charge in [0.1, 0.15) is 5.82 Å². The average Bonchev–Trinajstić information content (AvgIpc) is 3.71. The summed E-state index contributed by atoms with van der Waals surface area (Å²) in [6, 6.07) is 57.6. The number of rotatable bonds is 5. The molecule has 0 aliphatic carbocycles. The number of nitrogens with zero attached hydrogens (tertiary/aromatic N) is 5. The van der Waals surface area contributed by atoms with Crippen molar-refractivity contribution in [2.75, 3.05) is 0 Å². The molecule has 0 atom stereocenters. The molecular formula is C45H29N5. The summed E-state index contributed by atoms with van der Waals surface area (Å²) < 4.78 is 4.60. The van der Waals surface area contributed by atoms with Gasteiger partial charge < -0.3 is 4.57 Å². The number of aromatic nitrogens is 5. The molecule has 0 aliphatic rings. The lowest BCUT2D eigenvalue weighted by molar-refractivity contribution is 1.05. The zero-order valence-electron chi connectivity index (χ0n) is 27.0. The summed E-state index contributed by atoms with van der Waals surface area (Å²) in [6.07, 6.45) is 3.70. The van der Waals surface area contributed by atoms with Gasteiger partial charge in [-0.15, -0.1) is 0 Å². The molecule has 0 unspecified atom stereocenters. The molecule has 0 saturated heterocycles. The van der Waals surface area contributed by atoms with E-state index in [-0.39, 0.29) is 0 Å². The maximum atomic E-state index is 5.19. The summed E-state index contributed by atoms with van der Waals surface area (Å²) in [5.41, 5.74) is 10.9. The average molecular weight is 640 g/mol. The summed E-state index contributed by atoms with van der Waals surface area (Å²) in [5.74, 6) is 1.53. The van der Waals surface area contributed by atoms with Crippen molar-refractivity contribution in [3.8, 4) is 45.3 Å². The lowest BCUT2D eigenvalue weighted by Gasteiger charge is -2.12. The lowest BCUT2D eigenvalue weighted by Crippen LogP contribution is -2.02. The zero-order valence-corrected chi connectivity index (χ0v) is 27.0. The van der Waals surface area contributed by atoms with Crippen LogP contribution in [0.3, 0.4) is 0 Å². The second-order valence-electron chi connectivity index (χ2n) is 12.5. The van der Waals surface area contributed by atoms with E-state index in [1.807, 2.05) is 36.7 Å². The number of hydrogen-bond acceptors (Lipinski definition) is 3. The van der Waals surface area contributed by atoms with Gasteiger partial charge >= 0.3 is 0 Å². The fraction of sp³-hybridized carbons (Fsp3) is 0. The highest BCUT2D eigenvalue weighted by molar-refractivity contribution is 6.12. The Kier molecular flexibility index (Phi) is 6.42. The van der Waals surface area contributed by atoms with Crippen molar-refractivity contribution < 1.29 is 0 Å². The van der Waals surface area contributed by atoms with Gasteiger partial charge in [-0.25, -0.2) is 9.97 Å². The van der Waals surface area contributed by atoms with E-state index >= 15 is 0 Å². The van der Waals surface area contributed by atoms with Crippen LogP contribution in [0.1, 0.15) is 0 Å². The number of fused-ring (bicyclic) bond motifs is 6. The quantitative estimate of drug-likeness (QED) is 0.188. The molecule has 0 bridgehead atoms. The first-order valence-electron chi connectivity index (χ1n) is 16.8. The Morgan fingerprint density at radius 3 is 1.52 bits per heavy atom. The van der Waals surface area contributed by atoms with Gasteiger partial charge in [0.25, 0.3) is 0 Å². The maximum Gasteiger partial charge on any atom is 0.162 e. The second-order valence-corrected chi connectivity index (χ2v) is 12.5. The van der Waals surface area contributed by atoms with Gasteiger partial charge in [-0.1, -0.05) is 109 Å². The van der Waals surface area contributed by atoms with E-state index in [4.69, 9.17) is 9.97 Å². The third-order valence-corrected chi connectivity index (χ3v) is 9.64. The summed E-state index contributed by atoms with van der Waals surface area (Å²) in [6.45, 7) is 0. The molecular weight excluding hydrogens is 611 g/mol. The Balaban J connectivity index is 1.17. The first kappa shape index (κ1) is 28.2. The molecule has 4 aromatic heterocycles. The van der Waals surface area contributed by atoms with E-state index < -0.39 is 0 Å². The van der Waals surface area contributed by atoms with Gasteiger partial charge in [-0.05, 0) is 59.7 Å². The van der Waals surface area contributed by atoms with Crippen molar-refractivity contribution in [3.05, 3.63) is 176 Å². The molecule has 234 valence electrons. The van der Waals surface area contributed by atoms with Gasteiger partial charge in [0, 0.05) is 56.8 Å². The highest BCUT2D eigenvalue weighted by atomic mass is 15.1. The molecule has 6 aromatic carbocycles. The van der Waals surface area contributed by atoms with Crippen molar-refractivity contribution in [2.45, 2.75) is 0 Å². The third kappa shape index (κ3) is 4.52. The van der Waals surface area contributed by atoms with Crippen molar-refractivity contribution in [1.29, 1.82) is 0 Å². The molecule has 50 heavy (non-hydrogen) atoms. The molecule has 0 fully saturated rings. The fourth-order valence-corrected chi connectivity index (χ4v) is 7.35. The van der Waals surface area contributed by atoms with Crippen LogP contribution in [0.25, 0.3) is 88.9 Å². The van der Waals surface area contributed by atoms with Gasteiger partial charge in [0.05, 0.1) is 27.8 Å². The molecule has 10 rings (SSSR count). The Labute approximate surface area is 288 Å². The van der Waals surface area contributed by atoms with Crippen LogP contribution >= 0.6 is 0 Å². The van der Waals surface area contributed by atoms with Crippen LogP contribution in [0.2, 0.25) is 0 Å². The molecule has 0 aliphatic heterocycles. The summed E-state index contributed by atoms with van der Waals surface area (Å²) in [7, 11) is 0. The topological polar surface area (TPSA) is 48.5 Å². The monoisotopic (exact) mass is 639 g/mol. The Bertz CT molecular complexity index is 2800. The summed E-state index contributed by atoms with van der Waals surface area (Å²) >= 11 is 0. The van der Waals surface area contributed by atoms with Crippen molar-refractivity contribution in [2.24, 2.45) is 0 Å². The van der Waals surface area contributed by atoms with E-state index in [1.54, 1.807) is 0 Å². The molecule has 0 saturated carbocycles. The number of benzene rings is 6.